The van der Waals surface area contributed by atoms with Crippen LogP contribution in [0, 0.1) is 17.6 Å². The van der Waals surface area contributed by atoms with Crippen molar-refractivity contribution in [1.82, 2.24) is 30.6 Å². The maximum atomic E-state index is 16.2. The third-order valence-corrected chi connectivity index (χ3v) is 14.5. The van der Waals surface area contributed by atoms with Gasteiger partial charge in [0, 0.05) is 105 Å². The molecular weight excluding hydrogens is 898 g/mol. The number of aromatic nitrogens is 2. The fourth-order valence-electron chi connectivity index (χ4n) is 10.4. The number of piperidine rings is 1. The van der Waals surface area contributed by atoms with Crippen molar-refractivity contribution in [1.29, 1.82) is 0 Å². The van der Waals surface area contributed by atoms with Crippen molar-refractivity contribution >= 4 is 52.1 Å². The number of halogens is 3. The monoisotopic (exact) mass is 952 g/mol. The number of amides is 5. The zero-order valence-electron chi connectivity index (χ0n) is 38.2. The summed E-state index contributed by atoms with van der Waals surface area (Å²) in [4.78, 5) is 54.0. The second-order valence-electron chi connectivity index (χ2n) is 18.2. The van der Waals surface area contributed by atoms with Crippen molar-refractivity contribution in [3.05, 3.63) is 100 Å². The summed E-state index contributed by atoms with van der Waals surface area (Å²) >= 11 is 6.68. The summed E-state index contributed by atoms with van der Waals surface area (Å²) in [6.07, 6.45) is 4.86. The summed E-state index contributed by atoms with van der Waals surface area (Å²) < 4.78 is 52.0. The van der Waals surface area contributed by atoms with Crippen molar-refractivity contribution in [2.75, 3.05) is 51.3 Å². The SMILES string of the molecule is COc1ccc(C(N)=O)c(-c2c(Cl)c(F)cc3c2C(C)C(CNC2CCC(C(=O)NCCN4CCC(Oc5ccc6c(N7CCC(=O)NC7=O)nn(C)c6c5)CC4)CC2)(c2ccccc2)O3)c1F. The number of benzene rings is 4. The maximum Gasteiger partial charge on any atom is 0.329 e. The van der Waals surface area contributed by atoms with Crippen LogP contribution in [0.2, 0.25) is 5.02 Å². The molecule has 5 aromatic rings. The molecule has 2 saturated heterocycles. The zero-order chi connectivity index (χ0) is 47.9. The number of fused-ring (bicyclic) bond motifs is 2. The van der Waals surface area contributed by atoms with Crippen molar-refractivity contribution < 1.29 is 42.2 Å². The molecule has 358 valence electrons. The van der Waals surface area contributed by atoms with E-state index in [4.69, 9.17) is 31.5 Å². The molecule has 1 aliphatic carbocycles. The Hall–Kier alpha value is -6.30. The topological polar surface area (TPSA) is 182 Å². The van der Waals surface area contributed by atoms with Crippen LogP contribution in [-0.2, 0) is 22.2 Å². The molecule has 9 rings (SSSR count). The van der Waals surface area contributed by atoms with Crippen molar-refractivity contribution in [2.24, 2.45) is 18.7 Å². The van der Waals surface area contributed by atoms with Crippen molar-refractivity contribution in [2.45, 2.75) is 75.5 Å². The van der Waals surface area contributed by atoms with Gasteiger partial charge in [-0.25, -0.2) is 13.6 Å². The number of nitrogens with one attached hydrogen (secondary N) is 3. The van der Waals surface area contributed by atoms with Gasteiger partial charge in [-0.15, -0.1) is 0 Å². The number of carbonyl (C=O) groups is 4. The molecule has 0 spiro atoms. The smallest absolute Gasteiger partial charge is 0.329 e. The van der Waals surface area contributed by atoms with Gasteiger partial charge in [-0.1, -0.05) is 48.9 Å². The van der Waals surface area contributed by atoms with Crippen LogP contribution in [0.25, 0.3) is 22.0 Å². The van der Waals surface area contributed by atoms with Gasteiger partial charge in [-0.3, -0.25) is 29.3 Å². The van der Waals surface area contributed by atoms with E-state index in [0.717, 1.165) is 67.5 Å². The largest absolute Gasteiger partial charge is 0.494 e. The van der Waals surface area contributed by atoms with E-state index < -0.39 is 35.1 Å². The average Bonchev–Trinajstić information content (AvgIpc) is 3.81. The fourth-order valence-corrected chi connectivity index (χ4v) is 10.7. The minimum Gasteiger partial charge on any atom is -0.494 e. The number of nitrogens with zero attached hydrogens (tertiary/aromatic N) is 4. The number of anilines is 1. The second-order valence-corrected chi connectivity index (χ2v) is 18.5. The maximum absolute atomic E-state index is 16.2. The standard InChI is InChI=1S/C50H55ClF2N8O7/c1-28-41-39(26-36(52)44(51)43(41)42-35(46(54)63)15-16-38(66-3)45(42)53)68-50(28,30-7-5-4-6-8-30)27-56-31-11-9-29(10-12-31)48(64)55-20-24-60-21-17-32(18-22-60)67-33-13-14-34-37(25-33)59(2)58-47(34)61-23-19-40(62)57-49(61)65/h4-8,13-16,25-26,28-29,31-32,56H,9-12,17-24,27H2,1-3H3,(H2,54,63)(H,55,64)(H,57,62,65). The first-order valence-electron chi connectivity index (χ1n) is 23.2. The molecule has 4 heterocycles. The van der Waals surface area contributed by atoms with Gasteiger partial charge >= 0.3 is 6.03 Å². The third-order valence-electron chi connectivity index (χ3n) is 14.2. The van der Waals surface area contributed by atoms with Crippen LogP contribution in [0.4, 0.5) is 19.4 Å². The Balaban J connectivity index is 0.773. The van der Waals surface area contributed by atoms with Gasteiger partial charge in [-0.05, 0) is 68.4 Å². The van der Waals surface area contributed by atoms with E-state index in [-0.39, 0.29) is 76.1 Å². The molecule has 18 heteroatoms. The van der Waals surface area contributed by atoms with E-state index in [0.29, 0.717) is 37.3 Å². The predicted octanol–water partition coefficient (Wildman–Crippen LogP) is 6.93. The van der Waals surface area contributed by atoms with Crippen LogP contribution >= 0.6 is 11.6 Å². The van der Waals surface area contributed by atoms with Crippen LogP contribution in [0.5, 0.6) is 17.2 Å². The molecule has 4 aromatic carbocycles. The first-order valence-corrected chi connectivity index (χ1v) is 23.5. The van der Waals surface area contributed by atoms with Gasteiger partial charge in [-0.2, -0.15) is 5.10 Å². The summed E-state index contributed by atoms with van der Waals surface area (Å²) in [5.41, 5.74) is 6.29. The summed E-state index contributed by atoms with van der Waals surface area (Å²) in [5.74, 6) is -2.25. The minimum atomic E-state index is -1.08. The molecular formula is C50H55ClF2N8O7. The van der Waals surface area contributed by atoms with Gasteiger partial charge in [0.25, 0.3) is 0 Å². The summed E-state index contributed by atoms with van der Waals surface area (Å²) in [6, 6.07) is 18.7. The number of imide groups is 1. The molecule has 1 aromatic heterocycles. The summed E-state index contributed by atoms with van der Waals surface area (Å²) in [5, 5.41) is 14.2. The summed E-state index contributed by atoms with van der Waals surface area (Å²) in [7, 11) is 3.11. The molecule has 2 atom stereocenters. The number of ether oxygens (including phenoxy) is 3. The third kappa shape index (κ3) is 8.94. The number of primary amides is 1. The lowest BCUT2D eigenvalue weighted by atomic mass is 9.77. The van der Waals surface area contributed by atoms with Gasteiger partial charge in [0.15, 0.2) is 23.0 Å². The highest BCUT2D eigenvalue weighted by atomic mass is 35.5. The number of hydrogen-bond acceptors (Lipinski definition) is 10. The van der Waals surface area contributed by atoms with E-state index in [9.17, 15) is 19.2 Å². The van der Waals surface area contributed by atoms with E-state index in [1.807, 2.05) is 62.5 Å². The zero-order valence-corrected chi connectivity index (χ0v) is 39.0. The van der Waals surface area contributed by atoms with Gasteiger partial charge in [0.05, 0.1) is 23.2 Å². The van der Waals surface area contributed by atoms with Crippen LogP contribution in [0.15, 0.2) is 66.7 Å². The van der Waals surface area contributed by atoms with Crippen molar-refractivity contribution in [3.63, 3.8) is 0 Å². The van der Waals surface area contributed by atoms with Crippen molar-refractivity contribution in [3.8, 4) is 28.4 Å². The molecule has 3 fully saturated rings. The first-order chi connectivity index (χ1) is 32.8. The lowest BCUT2D eigenvalue weighted by Crippen LogP contribution is -2.49. The van der Waals surface area contributed by atoms with Gasteiger partial charge in [0.2, 0.25) is 17.7 Å². The number of carbonyl (C=O) groups excluding carboxylic acids is 4. The molecule has 1 saturated carbocycles. The number of aryl methyl sites for hydroxylation is 1. The molecule has 3 aliphatic heterocycles. The molecule has 0 bridgehead atoms. The highest BCUT2D eigenvalue weighted by Gasteiger charge is 2.50. The van der Waals surface area contributed by atoms with E-state index in [2.05, 4.69) is 25.9 Å². The number of methoxy groups -OCH3 is 1. The Kier molecular flexibility index (Phi) is 13.3. The Morgan fingerprint density at radius 2 is 1.74 bits per heavy atom. The quantitative estimate of drug-likeness (QED) is 0.0912. The van der Waals surface area contributed by atoms with E-state index in [1.54, 1.807) is 4.68 Å². The molecule has 0 radical (unpaired) electrons. The Morgan fingerprint density at radius 3 is 2.44 bits per heavy atom. The van der Waals surface area contributed by atoms with Gasteiger partial charge in [0.1, 0.15) is 23.4 Å². The number of hydrogen-bond donors (Lipinski definition) is 4. The Morgan fingerprint density at radius 1 is 0.985 bits per heavy atom. The molecule has 5 amide bonds. The molecule has 2 unspecified atom stereocenters. The van der Waals surface area contributed by atoms with Crippen LogP contribution in [0.1, 0.15) is 79.3 Å². The first kappa shape index (κ1) is 46.8. The normalized spacial score (nSPS) is 22.1. The molecule has 4 aliphatic rings. The van der Waals surface area contributed by atoms with E-state index in [1.165, 1.54) is 30.2 Å². The van der Waals surface area contributed by atoms with Crippen LogP contribution in [-0.4, -0.2) is 97.0 Å². The number of likely N-dealkylation sites (tertiary alicyclic amines) is 1. The average molecular weight is 953 g/mol. The molecule has 68 heavy (non-hydrogen) atoms. The number of urea groups is 1. The highest BCUT2D eigenvalue weighted by molar-refractivity contribution is 6.34. The van der Waals surface area contributed by atoms with Crippen LogP contribution < -0.4 is 40.8 Å². The van der Waals surface area contributed by atoms with E-state index >= 15 is 8.78 Å². The number of rotatable bonds is 14. The number of nitrogens with two attached hydrogens (primary N) is 1. The van der Waals surface area contributed by atoms with Gasteiger partial charge < -0.3 is 35.5 Å². The lowest BCUT2D eigenvalue weighted by Gasteiger charge is -2.37. The summed E-state index contributed by atoms with van der Waals surface area (Å²) in [6.45, 7) is 5.47. The fraction of sp³-hybridized carbons (Fsp3) is 0.420. The molecule has 5 N–H and O–H groups in total. The highest BCUT2D eigenvalue weighted by Crippen LogP contribution is 2.56. The second kappa shape index (κ2) is 19.4. The predicted molar refractivity (Wildman–Crippen MR) is 252 cm³/mol. The molecule has 15 nitrogen and oxygen atoms in total. The Bertz CT molecular complexity index is 2760. The Labute approximate surface area is 397 Å². The minimum absolute atomic E-state index is 0.0122. The van der Waals surface area contributed by atoms with Crippen LogP contribution in [0.3, 0.4) is 0 Å². The lowest BCUT2D eigenvalue weighted by molar-refractivity contribution is -0.126.